The van der Waals surface area contributed by atoms with Gasteiger partial charge in [-0.3, -0.25) is 0 Å². The molecule has 0 spiro atoms. The van der Waals surface area contributed by atoms with E-state index in [9.17, 15) is 0 Å². The molecule has 1 aliphatic rings. The van der Waals surface area contributed by atoms with Crippen molar-refractivity contribution in [3.05, 3.63) is 64.9 Å². The molecular formula is C17H15ClN2. The van der Waals surface area contributed by atoms with Gasteiger partial charge in [0.25, 0.3) is 0 Å². The fourth-order valence-electron chi connectivity index (χ4n) is 2.71. The zero-order valence-corrected chi connectivity index (χ0v) is 11.8. The maximum absolute atomic E-state index is 6.31. The molecule has 1 heterocycles. The number of imidazole rings is 1. The highest BCUT2D eigenvalue weighted by Crippen LogP contribution is 2.41. The molecule has 3 aromatic rings. The van der Waals surface area contributed by atoms with Crippen LogP contribution in [0.15, 0.2) is 48.5 Å². The van der Waals surface area contributed by atoms with Crippen molar-refractivity contribution >= 4 is 22.6 Å². The Kier molecular flexibility index (Phi) is 2.78. The SMILES string of the molecule is Clc1ccccc1Cn1c(C2CC2)nc2ccccc21. The molecule has 1 aliphatic carbocycles. The molecule has 1 fully saturated rings. The lowest BCUT2D eigenvalue weighted by Gasteiger charge is -2.10. The van der Waals surface area contributed by atoms with E-state index in [1.165, 1.54) is 24.2 Å². The molecule has 0 atom stereocenters. The molecule has 0 saturated heterocycles. The molecule has 2 aromatic carbocycles. The Morgan fingerprint density at radius 2 is 1.80 bits per heavy atom. The standard InChI is InChI=1S/C17H15ClN2/c18-14-6-2-1-5-13(14)11-20-16-8-4-3-7-15(16)19-17(20)12-9-10-12/h1-8,12H,9-11H2. The number of fused-ring (bicyclic) bond motifs is 1. The minimum absolute atomic E-state index is 0.630. The first kappa shape index (κ1) is 12.0. The minimum Gasteiger partial charge on any atom is -0.323 e. The quantitative estimate of drug-likeness (QED) is 0.686. The molecule has 0 unspecified atom stereocenters. The number of nitrogens with zero attached hydrogens (tertiary/aromatic N) is 2. The molecule has 3 heteroatoms. The number of halogens is 1. The molecule has 1 saturated carbocycles. The zero-order valence-electron chi connectivity index (χ0n) is 11.1. The Balaban J connectivity index is 1.85. The third-order valence-corrected chi connectivity index (χ3v) is 4.28. The Labute approximate surface area is 123 Å². The predicted molar refractivity (Wildman–Crippen MR) is 82.3 cm³/mol. The number of para-hydroxylation sites is 2. The van der Waals surface area contributed by atoms with Crippen LogP contribution in [0.3, 0.4) is 0 Å². The fourth-order valence-corrected chi connectivity index (χ4v) is 2.91. The van der Waals surface area contributed by atoms with Crippen molar-refractivity contribution in [3.63, 3.8) is 0 Å². The van der Waals surface area contributed by atoms with Gasteiger partial charge in [0.15, 0.2) is 0 Å². The van der Waals surface area contributed by atoms with Gasteiger partial charge in [0.05, 0.1) is 17.6 Å². The van der Waals surface area contributed by atoms with Gasteiger partial charge in [-0.15, -0.1) is 0 Å². The van der Waals surface area contributed by atoms with E-state index in [0.29, 0.717) is 5.92 Å². The molecule has 2 nitrogen and oxygen atoms in total. The summed E-state index contributed by atoms with van der Waals surface area (Å²) in [6.07, 6.45) is 2.51. The number of hydrogen-bond donors (Lipinski definition) is 0. The van der Waals surface area contributed by atoms with Gasteiger partial charge in [0.1, 0.15) is 5.82 Å². The Bertz CT molecular complexity index is 772. The maximum atomic E-state index is 6.31. The van der Waals surface area contributed by atoms with Gasteiger partial charge in [-0.25, -0.2) is 4.98 Å². The average Bonchev–Trinajstić information content (AvgIpc) is 3.25. The van der Waals surface area contributed by atoms with Crippen LogP contribution in [0, 0.1) is 0 Å². The van der Waals surface area contributed by atoms with Crippen LogP contribution in [0.2, 0.25) is 5.02 Å². The third-order valence-electron chi connectivity index (χ3n) is 3.91. The minimum atomic E-state index is 0.630. The second-order valence-corrected chi connectivity index (χ2v) is 5.82. The Hall–Kier alpha value is -1.80. The number of hydrogen-bond acceptors (Lipinski definition) is 1. The van der Waals surface area contributed by atoms with Gasteiger partial charge in [0, 0.05) is 10.9 Å². The van der Waals surface area contributed by atoms with Crippen LogP contribution < -0.4 is 0 Å². The smallest absolute Gasteiger partial charge is 0.113 e. The largest absolute Gasteiger partial charge is 0.323 e. The van der Waals surface area contributed by atoms with Crippen LogP contribution in [0.1, 0.15) is 30.1 Å². The summed E-state index contributed by atoms with van der Waals surface area (Å²) in [5.74, 6) is 1.84. The van der Waals surface area contributed by atoms with E-state index >= 15 is 0 Å². The first-order chi connectivity index (χ1) is 9.83. The molecule has 0 amide bonds. The zero-order chi connectivity index (χ0) is 13.5. The first-order valence-electron chi connectivity index (χ1n) is 7.01. The molecule has 0 radical (unpaired) electrons. The predicted octanol–water partition coefficient (Wildman–Crippen LogP) is 4.62. The molecule has 20 heavy (non-hydrogen) atoms. The summed E-state index contributed by atoms with van der Waals surface area (Å²) in [6, 6.07) is 16.4. The summed E-state index contributed by atoms with van der Waals surface area (Å²) >= 11 is 6.31. The van der Waals surface area contributed by atoms with Crippen LogP contribution in [0.5, 0.6) is 0 Å². The molecule has 0 N–H and O–H groups in total. The van der Waals surface area contributed by atoms with Gasteiger partial charge < -0.3 is 4.57 Å². The summed E-state index contributed by atoms with van der Waals surface area (Å²) in [5, 5.41) is 0.826. The second kappa shape index (κ2) is 4.64. The molecule has 0 bridgehead atoms. The summed E-state index contributed by atoms with van der Waals surface area (Å²) < 4.78 is 2.33. The molecule has 4 rings (SSSR count). The summed E-state index contributed by atoms with van der Waals surface area (Å²) in [4.78, 5) is 4.82. The van der Waals surface area contributed by atoms with E-state index in [4.69, 9.17) is 16.6 Å². The highest BCUT2D eigenvalue weighted by Gasteiger charge is 2.29. The van der Waals surface area contributed by atoms with E-state index < -0.39 is 0 Å². The van der Waals surface area contributed by atoms with E-state index in [1.807, 2.05) is 24.3 Å². The molecule has 1 aromatic heterocycles. The Morgan fingerprint density at radius 1 is 1.05 bits per heavy atom. The van der Waals surface area contributed by atoms with E-state index in [2.05, 4.69) is 28.8 Å². The highest BCUT2D eigenvalue weighted by molar-refractivity contribution is 6.31. The van der Waals surface area contributed by atoms with Crippen molar-refractivity contribution in [1.29, 1.82) is 0 Å². The van der Waals surface area contributed by atoms with Gasteiger partial charge in [-0.1, -0.05) is 41.9 Å². The van der Waals surface area contributed by atoms with Gasteiger partial charge in [-0.05, 0) is 36.6 Å². The van der Waals surface area contributed by atoms with Crippen LogP contribution in [-0.4, -0.2) is 9.55 Å². The second-order valence-electron chi connectivity index (χ2n) is 5.41. The third kappa shape index (κ3) is 2.01. The van der Waals surface area contributed by atoms with Crippen molar-refractivity contribution in [2.75, 3.05) is 0 Å². The summed E-state index contributed by atoms with van der Waals surface area (Å²) in [7, 11) is 0. The van der Waals surface area contributed by atoms with Crippen molar-refractivity contribution in [3.8, 4) is 0 Å². The van der Waals surface area contributed by atoms with Crippen LogP contribution in [0.25, 0.3) is 11.0 Å². The highest BCUT2D eigenvalue weighted by atomic mass is 35.5. The van der Waals surface area contributed by atoms with Gasteiger partial charge in [-0.2, -0.15) is 0 Å². The van der Waals surface area contributed by atoms with Crippen molar-refractivity contribution in [2.24, 2.45) is 0 Å². The molecular weight excluding hydrogens is 268 g/mol. The normalized spacial score (nSPS) is 14.8. The Morgan fingerprint density at radius 3 is 2.60 bits per heavy atom. The summed E-state index contributed by atoms with van der Waals surface area (Å²) in [6.45, 7) is 0.798. The van der Waals surface area contributed by atoms with E-state index in [-0.39, 0.29) is 0 Å². The van der Waals surface area contributed by atoms with Crippen molar-refractivity contribution in [2.45, 2.75) is 25.3 Å². The monoisotopic (exact) mass is 282 g/mol. The van der Waals surface area contributed by atoms with Crippen LogP contribution >= 0.6 is 11.6 Å². The average molecular weight is 283 g/mol. The van der Waals surface area contributed by atoms with Crippen molar-refractivity contribution in [1.82, 2.24) is 9.55 Å². The fraction of sp³-hybridized carbons (Fsp3) is 0.235. The number of benzene rings is 2. The van der Waals surface area contributed by atoms with Gasteiger partial charge in [0.2, 0.25) is 0 Å². The topological polar surface area (TPSA) is 17.8 Å². The maximum Gasteiger partial charge on any atom is 0.113 e. The molecule has 0 aliphatic heterocycles. The lowest BCUT2D eigenvalue weighted by atomic mass is 10.2. The van der Waals surface area contributed by atoms with E-state index in [0.717, 1.165) is 22.6 Å². The number of aromatic nitrogens is 2. The first-order valence-corrected chi connectivity index (χ1v) is 7.39. The lowest BCUT2D eigenvalue weighted by molar-refractivity contribution is 0.747. The number of rotatable bonds is 3. The molecule has 100 valence electrons. The van der Waals surface area contributed by atoms with Crippen molar-refractivity contribution < 1.29 is 0 Å². The van der Waals surface area contributed by atoms with E-state index in [1.54, 1.807) is 0 Å². The summed E-state index contributed by atoms with van der Waals surface area (Å²) in [5.41, 5.74) is 3.44. The lowest BCUT2D eigenvalue weighted by Crippen LogP contribution is -2.04. The van der Waals surface area contributed by atoms with Gasteiger partial charge >= 0.3 is 0 Å². The van der Waals surface area contributed by atoms with Crippen LogP contribution in [-0.2, 0) is 6.54 Å². The van der Waals surface area contributed by atoms with Crippen LogP contribution in [0.4, 0.5) is 0 Å².